The highest BCUT2D eigenvalue weighted by Gasteiger charge is 2.32. The monoisotopic (exact) mass is 285 g/mol. The smallest absolute Gasteiger partial charge is 0.410 e. The average Bonchev–Trinajstić information content (AvgIpc) is 2.53. The molecular weight excluding hydrogens is 262 g/mol. The predicted molar refractivity (Wildman–Crippen MR) is 86.0 cm³/mol. The van der Waals surface area contributed by atoms with Gasteiger partial charge in [0.2, 0.25) is 0 Å². The normalized spacial score (nSPS) is 22.2. The SMILES string of the molecule is C=C[C@H]1CCC[C@@H](/C=C/c2ccccc2)N1C(=O)OCC. The number of nitrogens with zero attached hydrogens (tertiary/aromatic N) is 1. The number of hydrogen-bond acceptors (Lipinski definition) is 2. The largest absolute Gasteiger partial charge is 0.450 e. The van der Waals surface area contributed by atoms with Crippen LogP contribution in [0.2, 0.25) is 0 Å². The van der Waals surface area contributed by atoms with Crippen LogP contribution in [-0.4, -0.2) is 29.7 Å². The van der Waals surface area contributed by atoms with E-state index < -0.39 is 0 Å². The van der Waals surface area contributed by atoms with Gasteiger partial charge in [-0.05, 0) is 31.7 Å². The molecule has 1 saturated heterocycles. The predicted octanol–water partition coefficient (Wildman–Crippen LogP) is 4.27. The van der Waals surface area contributed by atoms with Crippen LogP contribution in [0.1, 0.15) is 31.7 Å². The van der Waals surface area contributed by atoms with E-state index in [-0.39, 0.29) is 18.2 Å². The van der Waals surface area contributed by atoms with Crippen molar-refractivity contribution in [2.45, 2.75) is 38.3 Å². The third-order valence-electron chi connectivity index (χ3n) is 3.78. The first kappa shape index (κ1) is 15.4. The van der Waals surface area contributed by atoms with Crippen molar-refractivity contribution in [1.29, 1.82) is 0 Å². The Labute approximate surface area is 126 Å². The van der Waals surface area contributed by atoms with E-state index >= 15 is 0 Å². The van der Waals surface area contributed by atoms with Crippen molar-refractivity contribution in [3.8, 4) is 0 Å². The van der Waals surface area contributed by atoms with Crippen LogP contribution in [0.4, 0.5) is 4.79 Å². The van der Waals surface area contributed by atoms with Gasteiger partial charge in [0.1, 0.15) is 0 Å². The highest BCUT2D eigenvalue weighted by molar-refractivity contribution is 5.69. The summed E-state index contributed by atoms with van der Waals surface area (Å²) in [4.78, 5) is 14.0. The van der Waals surface area contributed by atoms with Crippen LogP contribution < -0.4 is 0 Å². The van der Waals surface area contributed by atoms with E-state index in [9.17, 15) is 4.79 Å². The summed E-state index contributed by atoms with van der Waals surface area (Å²) < 4.78 is 5.20. The van der Waals surface area contributed by atoms with Crippen LogP contribution >= 0.6 is 0 Å². The summed E-state index contributed by atoms with van der Waals surface area (Å²) in [5, 5.41) is 0. The maximum absolute atomic E-state index is 12.2. The van der Waals surface area contributed by atoms with Gasteiger partial charge in [-0.15, -0.1) is 6.58 Å². The summed E-state index contributed by atoms with van der Waals surface area (Å²) in [6.45, 7) is 6.09. The number of likely N-dealkylation sites (tertiary alicyclic amines) is 1. The van der Waals surface area contributed by atoms with Gasteiger partial charge < -0.3 is 4.74 Å². The summed E-state index contributed by atoms with van der Waals surface area (Å²) in [5.74, 6) is 0. The van der Waals surface area contributed by atoms with Crippen LogP contribution in [0.3, 0.4) is 0 Å². The maximum atomic E-state index is 12.2. The van der Waals surface area contributed by atoms with Gasteiger partial charge >= 0.3 is 6.09 Å². The molecule has 1 aliphatic heterocycles. The molecule has 0 saturated carbocycles. The Morgan fingerprint density at radius 1 is 1.33 bits per heavy atom. The molecule has 0 bridgehead atoms. The lowest BCUT2D eigenvalue weighted by Gasteiger charge is -2.38. The minimum atomic E-state index is -0.246. The molecule has 2 rings (SSSR count). The molecule has 1 aliphatic rings. The van der Waals surface area contributed by atoms with Crippen molar-refractivity contribution in [2.75, 3.05) is 6.61 Å². The van der Waals surface area contributed by atoms with Gasteiger partial charge in [0.25, 0.3) is 0 Å². The first-order valence-corrected chi connectivity index (χ1v) is 7.57. The van der Waals surface area contributed by atoms with Crippen molar-refractivity contribution in [2.24, 2.45) is 0 Å². The number of hydrogen-bond donors (Lipinski definition) is 0. The Hall–Kier alpha value is -2.03. The number of carbonyl (C=O) groups is 1. The van der Waals surface area contributed by atoms with E-state index in [1.54, 1.807) is 0 Å². The Morgan fingerprint density at radius 3 is 2.71 bits per heavy atom. The van der Waals surface area contributed by atoms with Crippen molar-refractivity contribution in [1.82, 2.24) is 4.90 Å². The van der Waals surface area contributed by atoms with Crippen LogP contribution in [0.5, 0.6) is 0 Å². The second-order valence-electron chi connectivity index (χ2n) is 5.18. The van der Waals surface area contributed by atoms with E-state index in [0.717, 1.165) is 24.8 Å². The molecule has 112 valence electrons. The molecule has 1 aromatic rings. The number of carbonyl (C=O) groups excluding carboxylic acids is 1. The number of amides is 1. The molecule has 21 heavy (non-hydrogen) atoms. The second kappa shape index (κ2) is 7.67. The van der Waals surface area contributed by atoms with Crippen LogP contribution in [0.15, 0.2) is 49.1 Å². The van der Waals surface area contributed by atoms with Gasteiger partial charge in [-0.2, -0.15) is 0 Å². The van der Waals surface area contributed by atoms with Crippen molar-refractivity contribution >= 4 is 12.2 Å². The number of ether oxygens (including phenoxy) is 1. The fraction of sp³-hybridized carbons (Fsp3) is 0.389. The minimum Gasteiger partial charge on any atom is -0.450 e. The quantitative estimate of drug-likeness (QED) is 0.773. The lowest BCUT2D eigenvalue weighted by atomic mass is 9.95. The second-order valence-corrected chi connectivity index (χ2v) is 5.18. The van der Waals surface area contributed by atoms with E-state index in [1.165, 1.54) is 0 Å². The molecule has 0 aromatic heterocycles. The van der Waals surface area contributed by atoms with Gasteiger partial charge in [-0.25, -0.2) is 4.79 Å². The van der Waals surface area contributed by atoms with Crippen LogP contribution in [0, 0.1) is 0 Å². The summed E-state index contributed by atoms with van der Waals surface area (Å²) >= 11 is 0. The van der Waals surface area contributed by atoms with Crippen LogP contribution in [0.25, 0.3) is 6.08 Å². The minimum absolute atomic E-state index is 0.0585. The number of benzene rings is 1. The average molecular weight is 285 g/mol. The summed E-state index contributed by atoms with van der Waals surface area (Å²) in [6, 6.07) is 10.3. The molecule has 0 radical (unpaired) electrons. The Morgan fingerprint density at radius 2 is 2.05 bits per heavy atom. The first-order valence-electron chi connectivity index (χ1n) is 7.57. The van der Waals surface area contributed by atoms with E-state index in [2.05, 4.69) is 30.9 Å². The topological polar surface area (TPSA) is 29.5 Å². The Bertz CT molecular complexity index is 495. The third-order valence-corrected chi connectivity index (χ3v) is 3.78. The molecule has 0 unspecified atom stereocenters. The molecule has 3 heteroatoms. The zero-order chi connectivity index (χ0) is 15.1. The number of piperidine rings is 1. The maximum Gasteiger partial charge on any atom is 0.410 e. The summed E-state index contributed by atoms with van der Waals surface area (Å²) in [6.07, 6.45) is 8.79. The third kappa shape index (κ3) is 3.97. The zero-order valence-corrected chi connectivity index (χ0v) is 12.6. The number of rotatable bonds is 4. The molecule has 3 nitrogen and oxygen atoms in total. The highest BCUT2D eigenvalue weighted by Crippen LogP contribution is 2.26. The molecule has 1 fully saturated rings. The molecule has 1 aromatic carbocycles. The molecular formula is C18H23NO2. The standard InChI is InChI=1S/C18H23NO2/c1-3-16-11-8-12-17(19(16)18(20)21-4-2)14-13-15-9-6-5-7-10-15/h3,5-7,9-10,13-14,16-17H,1,4,8,11-12H2,2H3/b14-13+/t16-,17-/m0/s1. The lowest BCUT2D eigenvalue weighted by molar-refractivity contribution is 0.0722. The van der Waals surface area contributed by atoms with E-state index in [0.29, 0.717) is 6.61 Å². The van der Waals surface area contributed by atoms with Gasteiger partial charge in [0.15, 0.2) is 0 Å². The van der Waals surface area contributed by atoms with Crippen molar-refractivity contribution < 1.29 is 9.53 Å². The molecule has 0 aliphatic carbocycles. The Kier molecular flexibility index (Phi) is 5.61. The fourth-order valence-corrected chi connectivity index (χ4v) is 2.74. The summed E-state index contributed by atoms with van der Waals surface area (Å²) in [7, 11) is 0. The van der Waals surface area contributed by atoms with Gasteiger partial charge in [-0.3, -0.25) is 4.90 Å². The van der Waals surface area contributed by atoms with Gasteiger partial charge in [-0.1, -0.05) is 48.6 Å². The highest BCUT2D eigenvalue weighted by atomic mass is 16.6. The van der Waals surface area contributed by atoms with Gasteiger partial charge in [0, 0.05) is 0 Å². The lowest BCUT2D eigenvalue weighted by Crippen LogP contribution is -2.48. The molecule has 1 heterocycles. The fourth-order valence-electron chi connectivity index (χ4n) is 2.74. The van der Waals surface area contributed by atoms with Crippen LogP contribution in [-0.2, 0) is 4.74 Å². The van der Waals surface area contributed by atoms with E-state index in [4.69, 9.17) is 4.74 Å². The molecule has 2 atom stereocenters. The zero-order valence-electron chi connectivity index (χ0n) is 12.6. The van der Waals surface area contributed by atoms with Crippen molar-refractivity contribution in [3.05, 3.63) is 54.6 Å². The Balaban J connectivity index is 2.15. The molecule has 1 amide bonds. The van der Waals surface area contributed by atoms with E-state index in [1.807, 2.05) is 36.1 Å². The molecule has 0 N–H and O–H groups in total. The first-order chi connectivity index (χ1) is 10.3. The van der Waals surface area contributed by atoms with Crippen molar-refractivity contribution in [3.63, 3.8) is 0 Å². The molecule has 0 spiro atoms. The van der Waals surface area contributed by atoms with Gasteiger partial charge in [0.05, 0.1) is 18.7 Å². The summed E-state index contributed by atoms with van der Waals surface area (Å²) in [5.41, 5.74) is 1.14.